The maximum atomic E-state index is 13.1. The Balaban J connectivity index is 1.41. The number of fused-ring (bicyclic) bond motifs is 1. The van der Waals surface area contributed by atoms with Gasteiger partial charge in [-0.1, -0.05) is 5.16 Å². The minimum absolute atomic E-state index is 0.203. The summed E-state index contributed by atoms with van der Waals surface area (Å²) in [7, 11) is 0. The summed E-state index contributed by atoms with van der Waals surface area (Å²) in [6, 6.07) is 10.8. The lowest BCUT2D eigenvalue weighted by Gasteiger charge is -2.07. The van der Waals surface area contributed by atoms with E-state index in [1.807, 2.05) is 0 Å². The number of hydrogen-bond acceptors (Lipinski definition) is 7. The average molecular weight is 382 g/mol. The van der Waals surface area contributed by atoms with Crippen molar-refractivity contribution in [3.8, 4) is 17.3 Å². The van der Waals surface area contributed by atoms with Crippen LogP contribution >= 0.6 is 0 Å². The molecule has 0 spiro atoms. The van der Waals surface area contributed by atoms with Crippen LogP contribution in [0.2, 0.25) is 0 Å². The molecule has 4 aromatic rings. The van der Waals surface area contributed by atoms with E-state index in [0.29, 0.717) is 28.7 Å². The number of aryl methyl sites for hydroxylation is 1. The van der Waals surface area contributed by atoms with Crippen LogP contribution in [0.3, 0.4) is 0 Å². The van der Waals surface area contributed by atoms with E-state index in [1.165, 1.54) is 16.6 Å². The first-order chi connectivity index (χ1) is 13.6. The van der Waals surface area contributed by atoms with Crippen LogP contribution in [0.15, 0.2) is 47.0 Å². The molecule has 0 aliphatic carbocycles. The molecule has 142 valence electrons. The van der Waals surface area contributed by atoms with Crippen molar-refractivity contribution >= 4 is 11.6 Å². The monoisotopic (exact) mass is 382 g/mol. The highest BCUT2D eigenvalue weighted by Gasteiger charge is 2.12. The summed E-state index contributed by atoms with van der Waals surface area (Å²) in [5, 5.41) is 18.8. The van der Waals surface area contributed by atoms with Gasteiger partial charge in [-0.25, -0.2) is 4.39 Å². The van der Waals surface area contributed by atoms with E-state index in [0.717, 1.165) is 0 Å². The zero-order valence-electron chi connectivity index (χ0n) is 14.8. The zero-order valence-corrected chi connectivity index (χ0v) is 14.8. The summed E-state index contributed by atoms with van der Waals surface area (Å²) in [5.41, 5.74) is 1.42. The molecule has 0 bridgehead atoms. The second kappa shape index (κ2) is 7.43. The van der Waals surface area contributed by atoms with Gasteiger partial charge < -0.3 is 14.6 Å². The fourth-order valence-electron chi connectivity index (χ4n) is 2.51. The Morgan fingerprint density at radius 1 is 1.21 bits per heavy atom. The van der Waals surface area contributed by atoms with Crippen molar-refractivity contribution in [1.82, 2.24) is 30.3 Å². The molecule has 0 aliphatic rings. The average Bonchev–Trinajstić information content (AvgIpc) is 3.32. The number of aromatic nitrogens is 5. The Labute approximate surface area is 158 Å². The lowest BCUT2D eigenvalue weighted by atomic mass is 10.2. The minimum Gasteiger partial charge on any atom is -0.475 e. The topological polar surface area (TPSA) is 107 Å². The van der Waals surface area contributed by atoms with Crippen molar-refractivity contribution in [3.63, 3.8) is 0 Å². The van der Waals surface area contributed by atoms with Gasteiger partial charge >= 0.3 is 0 Å². The van der Waals surface area contributed by atoms with Crippen molar-refractivity contribution in [2.45, 2.75) is 6.92 Å². The van der Waals surface area contributed by atoms with Crippen LogP contribution < -0.4 is 10.1 Å². The van der Waals surface area contributed by atoms with E-state index >= 15 is 0 Å². The van der Waals surface area contributed by atoms with Gasteiger partial charge in [-0.3, -0.25) is 4.79 Å². The van der Waals surface area contributed by atoms with Crippen molar-refractivity contribution in [1.29, 1.82) is 0 Å². The maximum absolute atomic E-state index is 13.1. The number of nitrogens with one attached hydrogen (secondary N) is 1. The predicted octanol–water partition coefficient (Wildman–Crippen LogP) is 2.04. The van der Waals surface area contributed by atoms with E-state index < -0.39 is 0 Å². The number of hydrogen-bond donors (Lipinski definition) is 1. The molecule has 1 N–H and O–H groups in total. The van der Waals surface area contributed by atoms with Crippen LogP contribution in [0, 0.1) is 12.7 Å². The Hall–Kier alpha value is -3.82. The van der Waals surface area contributed by atoms with Crippen LogP contribution in [-0.2, 0) is 0 Å². The molecule has 0 saturated heterocycles. The summed E-state index contributed by atoms with van der Waals surface area (Å²) in [6.07, 6.45) is 0. The molecule has 3 aromatic heterocycles. The molecule has 0 aliphatic heterocycles. The van der Waals surface area contributed by atoms with E-state index in [1.54, 1.807) is 37.3 Å². The number of nitrogens with zero attached hydrogens (tertiary/aromatic N) is 5. The number of benzene rings is 1. The Kier molecular flexibility index (Phi) is 4.67. The first-order valence-electron chi connectivity index (χ1n) is 8.43. The number of amides is 1. The van der Waals surface area contributed by atoms with Crippen LogP contribution in [-0.4, -0.2) is 44.0 Å². The molecule has 0 fully saturated rings. The molecule has 1 aromatic carbocycles. The smallest absolute Gasteiger partial charge is 0.273 e. The zero-order chi connectivity index (χ0) is 19.5. The molecule has 0 unspecified atom stereocenters. The fourth-order valence-corrected chi connectivity index (χ4v) is 2.51. The number of rotatable bonds is 6. The molecule has 0 saturated carbocycles. The first kappa shape index (κ1) is 17.6. The summed E-state index contributed by atoms with van der Waals surface area (Å²) >= 11 is 0. The molecule has 0 radical (unpaired) electrons. The third kappa shape index (κ3) is 3.65. The van der Waals surface area contributed by atoms with Gasteiger partial charge in [0.2, 0.25) is 5.88 Å². The largest absolute Gasteiger partial charge is 0.475 e. The fraction of sp³-hybridized carbons (Fsp3) is 0.167. The Morgan fingerprint density at radius 3 is 2.79 bits per heavy atom. The van der Waals surface area contributed by atoms with Crippen LogP contribution in [0.5, 0.6) is 5.88 Å². The predicted molar refractivity (Wildman–Crippen MR) is 95.2 cm³/mol. The second-order valence-electron chi connectivity index (χ2n) is 5.90. The molecule has 3 heterocycles. The SMILES string of the molecule is Cc1cc(C(=O)NCCOc2ccc3nnc(-c4ccc(F)cc4)n3n2)no1. The van der Waals surface area contributed by atoms with E-state index in [-0.39, 0.29) is 30.6 Å². The molecule has 10 heteroatoms. The lowest BCUT2D eigenvalue weighted by molar-refractivity contribution is 0.0937. The van der Waals surface area contributed by atoms with Crippen molar-refractivity contribution < 1.29 is 18.4 Å². The molecule has 1 amide bonds. The van der Waals surface area contributed by atoms with Gasteiger partial charge in [0.15, 0.2) is 17.2 Å². The van der Waals surface area contributed by atoms with E-state index in [4.69, 9.17) is 9.26 Å². The number of carbonyl (C=O) groups is 1. The summed E-state index contributed by atoms with van der Waals surface area (Å²) < 4.78 is 25.1. The lowest BCUT2D eigenvalue weighted by Crippen LogP contribution is -2.28. The Morgan fingerprint density at radius 2 is 2.04 bits per heavy atom. The molecule has 4 rings (SSSR count). The van der Waals surface area contributed by atoms with Gasteiger partial charge in [-0.15, -0.1) is 15.3 Å². The van der Waals surface area contributed by atoms with Crippen LogP contribution in [0.4, 0.5) is 4.39 Å². The maximum Gasteiger partial charge on any atom is 0.273 e. The quantitative estimate of drug-likeness (QED) is 0.509. The molecule has 9 nitrogen and oxygen atoms in total. The molecular formula is C18H15FN6O3. The normalized spacial score (nSPS) is 10.9. The van der Waals surface area contributed by atoms with E-state index in [2.05, 4.69) is 25.8 Å². The Bertz CT molecular complexity index is 1120. The highest BCUT2D eigenvalue weighted by atomic mass is 19.1. The number of ether oxygens (including phenoxy) is 1. The highest BCUT2D eigenvalue weighted by Crippen LogP contribution is 2.19. The molecule has 28 heavy (non-hydrogen) atoms. The first-order valence-corrected chi connectivity index (χ1v) is 8.43. The van der Waals surface area contributed by atoms with Crippen molar-refractivity contribution in [2.75, 3.05) is 13.2 Å². The summed E-state index contributed by atoms with van der Waals surface area (Å²) in [4.78, 5) is 11.9. The molecular weight excluding hydrogens is 367 g/mol. The summed E-state index contributed by atoms with van der Waals surface area (Å²) in [5.74, 6) is 0.681. The van der Waals surface area contributed by atoms with Crippen LogP contribution in [0.1, 0.15) is 16.2 Å². The van der Waals surface area contributed by atoms with Gasteiger partial charge in [0.25, 0.3) is 5.91 Å². The standard InChI is InChI=1S/C18H15FN6O3/c1-11-10-14(24-28-11)18(26)20-8-9-27-16-7-6-15-21-22-17(25(15)23-16)12-2-4-13(19)5-3-12/h2-7,10H,8-9H2,1H3,(H,20,26). The number of halogens is 1. The van der Waals surface area contributed by atoms with Crippen molar-refractivity contribution in [2.24, 2.45) is 0 Å². The third-order valence-corrected chi connectivity index (χ3v) is 3.84. The van der Waals surface area contributed by atoms with Gasteiger partial charge in [0.1, 0.15) is 18.2 Å². The van der Waals surface area contributed by atoms with Gasteiger partial charge in [-0.2, -0.15) is 4.52 Å². The second-order valence-corrected chi connectivity index (χ2v) is 5.90. The van der Waals surface area contributed by atoms with Crippen molar-refractivity contribution in [3.05, 3.63) is 59.7 Å². The van der Waals surface area contributed by atoms with Crippen LogP contribution in [0.25, 0.3) is 17.0 Å². The summed E-state index contributed by atoms with van der Waals surface area (Å²) in [6.45, 7) is 2.17. The van der Waals surface area contributed by atoms with Gasteiger partial charge in [0, 0.05) is 17.7 Å². The van der Waals surface area contributed by atoms with Gasteiger partial charge in [0.05, 0.1) is 6.54 Å². The highest BCUT2D eigenvalue weighted by molar-refractivity contribution is 5.92. The van der Waals surface area contributed by atoms with E-state index in [9.17, 15) is 9.18 Å². The number of carbonyl (C=O) groups excluding carboxylic acids is 1. The molecule has 0 atom stereocenters. The third-order valence-electron chi connectivity index (χ3n) is 3.84. The minimum atomic E-state index is -0.346. The van der Waals surface area contributed by atoms with Gasteiger partial charge in [-0.05, 0) is 37.3 Å².